The van der Waals surface area contributed by atoms with E-state index in [-0.39, 0.29) is 0 Å². The number of hydrogen-bond acceptors (Lipinski definition) is 1. The Bertz CT molecular complexity index is 80.7. The van der Waals surface area contributed by atoms with Crippen molar-refractivity contribution < 1.29 is 0 Å². The Morgan fingerprint density at radius 2 is 2.10 bits per heavy atom. The van der Waals surface area contributed by atoms with Crippen molar-refractivity contribution in [2.45, 2.75) is 45.6 Å². The van der Waals surface area contributed by atoms with Crippen LogP contribution >= 0.6 is 0 Å². The molecule has 0 aromatic carbocycles. The van der Waals surface area contributed by atoms with Crippen LogP contribution in [0.15, 0.2) is 0 Å². The summed E-state index contributed by atoms with van der Waals surface area (Å²) < 4.78 is 0. The summed E-state index contributed by atoms with van der Waals surface area (Å²) in [5, 5.41) is 3.56. The van der Waals surface area contributed by atoms with Crippen molar-refractivity contribution in [1.29, 1.82) is 0 Å². The molecule has 0 spiro atoms. The van der Waals surface area contributed by atoms with Gasteiger partial charge in [-0.05, 0) is 25.3 Å². The van der Waals surface area contributed by atoms with Gasteiger partial charge in [0, 0.05) is 6.04 Å². The molecule has 60 valence electrons. The third-order valence-corrected chi connectivity index (χ3v) is 2.72. The number of rotatable bonds is 3. The molecule has 1 heterocycles. The smallest absolute Gasteiger partial charge is 0.00955 e. The zero-order chi connectivity index (χ0) is 7.40. The molecule has 0 aromatic rings. The summed E-state index contributed by atoms with van der Waals surface area (Å²) in [5.74, 6) is 0.933. The summed E-state index contributed by atoms with van der Waals surface area (Å²) in [6.45, 7) is 5.85. The zero-order valence-corrected chi connectivity index (χ0v) is 7.19. The van der Waals surface area contributed by atoms with E-state index in [9.17, 15) is 0 Å². The lowest BCUT2D eigenvalue weighted by Gasteiger charge is -2.20. The number of nitrogens with one attached hydrogen (secondary N) is 1. The molecule has 1 atom stereocenters. The minimum atomic E-state index is 0.843. The second kappa shape index (κ2) is 3.97. The molecule has 0 amide bonds. The van der Waals surface area contributed by atoms with Crippen LogP contribution in [0.4, 0.5) is 0 Å². The summed E-state index contributed by atoms with van der Waals surface area (Å²) in [7, 11) is 0. The molecule has 0 radical (unpaired) electrons. The van der Waals surface area contributed by atoms with Gasteiger partial charge >= 0.3 is 0 Å². The van der Waals surface area contributed by atoms with Gasteiger partial charge in [-0.25, -0.2) is 0 Å². The third-order valence-electron chi connectivity index (χ3n) is 2.72. The molecule has 0 aliphatic carbocycles. The highest BCUT2D eigenvalue weighted by atomic mass is 14.9. The van der Waals surface area contributed by atoms with E-state index in [2.05, 4.69) is 19.2 Å². The van der Waals surface area contributed by atoms with Crippen molar-refractivity contribution >= 4 is 0 Å². The van der Waals surface area contributed by atoms with Crippen LogP contribution in [0.5, 0.6) is 0 Å². The Hall–Kier alpha value is -0.0400. The van der Waals surface area contributed by atoms with Gasteiger partial charge < -0.3 is 5.32 Å². The maximum absolute atomic E-state index is 3.56. The summed E-state index contributed by atoms with van der Waals surface area (Å²) >= 11 is 0. The lowest BCUT2D eigenvalue weighted by atomic mass is 9.93. The van der Waals surface area contributed by atoms with Gasteiger partial charge in [-0.2, -0.15) is 0 Å². The van der Waals surface area contributed by atoms with E-state index in [0.717, 1.165) is 12.0 Å². The van der Waals surface area contributed by atoms with E-state index < -0.39 is 0 Å². The van der Waals surface area contributed by atoms with Crippen LogP contribution in [0.3, 0.4) is 0 Å². The Labute approximate surface area is 64.2 Å². The van der Waals surface area contributed by atoms with E-state index in [0.29, 0.717) is 0 Å². The molecule has 1 aliphatic heterocycles. The minimum absolute atomic E-state index is 0.843. The Morgan fingerprint density at radius 3 is 2.50 bits per heavy atom. The van der Waals surface area contributed by atoms with E-state index in [1.165, 1.54) is 32.2 Å². The molecule has 1 N–H and O–H groups in total. The standard InChI is InChI=1S/C9H19N/c1-3-8(4-2)9-6-5-7-10-9/h8-10H,3-7H2,1-2H3/t9-/m0/s1. The fraction of sp³-hybridized carbons (Fsp3) is 1.00. The number of hydrogen-bond donors (Lipinski definition) is 1. The van der Waals surface area contributed by atoms with E-state index in [1.54, 1.807) is 0 Å². The van der Waals surface area contributed by atoms with Gasteiger partial charge in [0.25, 0.3) is 0 Å². The molecule has 0 aromatic heterocycles. The van der Waals surface area contributed by atoms with E-state index in [1.807, 2.05) is 0 Å². The largest absolute Gasteiger partial charge is 0.314 e. The van der Waals surface area contributed by atoms with Crippen LogP contribution in [0.25, 0.3) is 0 Å². The van der Waals surface area contributed by atoms with Crippen molar-refractivity contribution in [1.82, 2.24) is 5.32 Å². The molecule has 1 aliphatic rings. The Morgan fingerprint density at radius 1 is 1.40 bits per heavy atom. The molecule has 10 heavy (non-hydrogen) atoms. The van der Waals surface area contributed by atoms with Crippen molar-refractivity contribution in [3.8, 4) is 0 Å². The zero-order valence-electron chi connectivity index (χ0n) is 7.19. The fourth-order valence-electron chi connectivity index (χ4n) is 1.97. The van der Waals surface area contributed by atoms with Crippen LogP contribution < -0.4 is 5.32 Å². The molecular formula is C9H19N. The molecule has 1 nitrogen and oxygen atoms in total. The molecule has 0 bridgehead atoms. The SMILES string of the molecule is CCC(CC)[C@@H]1CCCN1. The van der Waals surface area contributed by atoms with Crippen molar-refractivity contribution in [3.63, 3.8) is 0 Å². The van der Waals surface area contributed by atoms with Gasteiger partial charge in [-0.3, -0.25) is 0 Å². The summed E-state index contributed by atoms with van der Waals surface area (Å²) in [6, 6.07) is 0.843. The van der Waals surface area contributed by atoms with Crippen molar-refractivity contribution in [3.05, 3.63) is 0 Å². The molecule has 1 heteroatoms. The second-order valence-electron chi connectivity index (χ2n) is 3.28. The summed E-state index contributed by atoms with van der Waals surface area (Å²) in [5.41, 5.74) is 0. The highest BCUT2D eigenvalue weighted by Crippen LogP contribution is 2.20. The van der Waals surface area contributed by atoms with Crippen LogP contribution in [0.2, 0.25) is 0 Å². The van der Waals surface area contributed by atoms with Gasteiger partial charge in [-0.1, -0.05) is 26.7 Å². The molecule has 1 saturated heterocycles. The Kier molecular flexibility index (Phi) is 3.20. The van der Waals surface area contributed by atoms with Crippen LogP contribution in [0, 0.1) is 5.92 Å². The Balaban J connectivity index is 2.29. The van der Waals surface area contributed by atoms with E-state index in [4.69, 9.17) is 0 Å². The minimum Gasteiger partial charge on any atom is -0.314 e. The second-order valence-corrected chi connectivity index (χ2v) is 3.28. The normalized spacial score (nSPS) is 26.1. The maximum Gasteiger partial charge on any atom is 0.00955 e. The van der Waals surface area contributed by atoms with Crippen LogP contribution in [-0.4, -0.2) is 12.6 Å². The highest BCUT2D eigenvalue weighted by molar-refractivity contribution is 4.79. The summed E-state index contributed by atoms with van der Waals surface area (Å²) in [4.78, 5) is 0. The predicted molar refractivity (Wildman–Crippen MR) is 45.1 cm³/mol. The quantitative estimate of drug-likeness (QED) is 0.635. The third kappa shape index (κ3) is 1.72. The van der Waals surface area contributed by atoms with Gasteiger partial charge in [-0.15, -0.1) is 0 Å². The lowest BCUT2D eigenvalue weighted by molar-refractivity contribution is 0.367. The van der Waals surface area contributed by atoms with E-state index >= 15 is 0 Å². The average Bonchev–Trinajstić information content (AvgIpc) is 2.43. The van der Waals surface area contributed by atoms with Crippen molar-refractivity contribution in [2.24, 2.45) is 5.92 Å². The lowest BCUT2D eigenvalue weighted by Crippen LogP contribution is -2.29. The van der Waals surface area contributed by atoms with Gasteiger partial charge in [0.15, 0.2) is 0 Å². The summed E-state index contributed by atoms with van der Waals surface area (Å²) in [6.07, 6.45) is 5.48. The fourth-order valence-corrected chi connectivity index (χ4v) is 1.97. The van der Waals surface area contributed by atoms with Crippen LogP contribution in [-0.2, 0) is 0 Å². The van der Waals surface area contributed by atoms with Gasteiger partial charge in [0.2, 0.25) is 0 Å². The van der Waals surface area contributed by atoms with Crippen LogP contribution in [0.1, 0.15) is 39.5 Å². The molecular weight excluding hydrogens is 122 g/mol. The average molecular weight is 141 g/mol. The van der Waals surface area contributed by atoms with Gasteiger partial charge in [0.1, 0.15) is 0 Å². The van der Waals surface area contributed by atoms with Crippen molar-refractivity contribution in [2.75, 3.05) is 6.54 Å². The topological polar surface area (TPSA) is 12.0 Å². The first-order chi connectivity index (χ1) is 4.88. The molecule has 0 unspecified atom stereocenters. The molecule has 1 rings (SSSR count). The molecule has 0 saturated carbocycles. The molecule has 1 fully saturated rings. The highest BCUT2D eigenvalue weighted by Gasteiger charge is 2.20. The van der Waals surface area contributed by atoms with Gasteiger partial charge in [0.05, 0.1) is 0 Å². The predicted octanol–water partition coefficient (Wildman–Crippen LogP) is 2.17. The first-order valence-corrected chi connectivity index (χ1v) is 4.61. The maximum atomic E-state index is 3.56. The first-order valence-electron chi connectivity index (χ1n) is 4.61. The monoisotopic (exact) mass is 141 g/mol. The first kappa shape index (κ1) is 8.06.